The quantitative estimate of drug-likeness (QED) is 0.675. The summed E-state index contributed by atoms with van der Waals surface area (Å²) in [4.78, 5) is 17.8. The first-order valence-electron chi connectivity index (χ1n) is 11.1. The maximum Gasteiger partial charge on any atom is 0.227 e. The SMILES string of the molecule is CN(C(=O)Cc1ccc(Br)cc1)C1CCC2(CCC1N1CCCCC1)OCCO2. The van der Waals surface area contributed by atoms with E-state index in [1.165, 1.54) is 19.3 Å². The highest BCUT2D eigenvalue weighted by Gasteiger charge is 2.44. The van der Waals surface area contributed by atoms with E-state index in [0.717, 1.165) is 48.8 Å². The molecule has 0 radical (unpaired) electrons. The number of hydrogen-bond acceptors (Lipinski definition) is 4. The molecule has 4 rings (SSSR count). The molecule has 0 bridgehead atoms. The number of amides is 1. The number of carbonyl (C=O) groups excluding carboxylic acids is 1. The Kier molecular flexibility index (Phi) is 6.94. The summed E-state index contributed by atoms with van der Waals surface area (Å²) < 4.78 is 13.1. The lowest BCUT2D eigenvalue weighted by Crippen LogP contribution is -2.53. The van der Waals surface area contributed by atoms with Gasteiger partial charge in [-0.2, -0.15) is 0 Å². The van der Waals surface area contributed by atoms with Crippen LogP contribution >= 0.6 is 15.9 Å². The molecule has 29 heavy (non-hydrogen) atoms. The summed E-state index contributed by atoms with van der Waals surface area (Å²) in [6, 6.07) is 8.66. The van der Waals surface area contributed by atoms with Gasteiger partial charge < -0.3 is 14.4 Å². The van der Waals surface area contributed by atoms with Crippen molar-refractivity contribution in [2.24, 2.45) is 0 Å². The first kappa shape index (κ1) is 21.3. The minimum absolute atomic E-state index is 0.198. The van der Waals surface area contributed by atoms with Crippen LogP contribution in [0, 0.1) is 0 Å². The van der Waals surface area contributed by atoms with E-state index >= 15 is 0 Å². The van der Waals surface area contributed by atoms with Crippen molar-refractivity contribution in [2.75, 3.05) is 33.4 Å². The third kappa shape index (κ3) is 5.04. The largest absolute Gasteiger partial charge is 0.348 e. The zero-order valence-electron chi connectivity index (χ0n) is 17.4. The van der Waals surface area contributed by atoms with Crippen molar-refractivity contribution in [1.82, 2.24) is 9.80 Å². The fourth-order valence-corrected chi connectivity index (χ4v) is 5.51. The minimum atomic E-state index is -0.418. The van der Waals surface area contributed by atoms with E-state index in [0.29, 0.717) is 25.7 Å². The molecule has 2 heterocycles. The normalized spacial score (nSPS) is 27.7. The van der Waals surface area contributed by atoms with Gasteiger partial charge in [0.05, 0.1) is 19.6 Å². The Morgan fingerprint density at radius 3 is 2.45 bits per heavy atom. The third-order valence-corrected chi connectivity index (χ3v) is 7.45. The van der Waals surface area contributed by atoms with E-state index in [1.807, 2.05) is 36.2 Å². The maximum absolute atomic E-state index is 13.2. The zero-order valence-corrected chi connectivity index (χ0v) is 19.0. The van der Waals surface area contributed by atoms with E-state index in [-0.39, 0.29) is 11.9 Å². The molecule has 0 N–H and O–H groups in total. The molecule has 3 fully saturated rings. The van der Waals surface area contributed by atoms with E-state index in [9.17, 15) is 4.79 Å². The van der Waals surface area contributed by atoms with Gasteiger partial charge in [0.15, 0.2) is 5.79 Å². The standard InChI is InChI=1S/C23H33BrN2O3/c1-25(22(27)17-18-5-7-19(24)8-6-18)20-9-11-23(28-15-16-29-23)12-10-21(20)26-13-3-2-4-14-26/h5-8,20-21H,2-4,9-17H2,1H3. The molecule has 2 unspecified atom stereocenters. The molecule has 160 valence electrons. The first-order chi connectivity index (χ1) is 14.1. The molecule has 2 atom stereocenters. The third-order valence-electron chi connectivity index (χ3n) is 6.92. The van der Waals surface area contributed by atoms with Crippen LogP contribution < -0.4 is 0 Å². The number of likely N-dealkylation sites (tertiary alicyclic amines) is 1. The van der Waals surface area contributed by atoms with Gasteiger partial charge in [-0.15, -0.1) is 0 Å². The van der Waals surface area contributed by atoms with Crippen molar-refractivity contribution >= 4 is 21.8 Å². The summed E-state index contributed by atoms with van der Waals surface area (Å²) in [5.41, 5.74) is 1.06. The van der Waals surface area contributed by atoms with Gasteiger partial charge in [0.25, 0.3) is 0 Å². The Bertz CT molecular complexity index is 684. The lowest BCUT2D eigenvalue weighted by molar-refractivity contribution is -0.166. The van der Waals surface area contributed by atoms with E-state index < -0.39 is 5.79 Å². The van der Waals surface area contributed by atoms with Crippen LogP contribution in [0.15, 0.2) is 28.7 Å². The number of likely N-dealkylation sites (N-methyl/N-ethyl adjacent to an activating group) is 1. The molecule has 1 saturated carbocycles. The Morgan fingerprint density at radius 2 is 1.76 bits per heavy atom. The topological polar surface area (TPSA) is 42.0 Å². The van der Waals surface area contributed by atoms with Gasteiger partial charge >= 0.3 is 0 Å². The highest BCUT2D eigenvalue weighted by atomic mass is 79.9. The molecular formula is C23H33BrN2O3. The summed E-state index contributed by atoms with van der Waals surface area (Å²) >= 11 is 3.47. The highest BCUT2D eigenvalue weighted by Crippen LogP contribution is 2.38. The Morgan fingerprint density at radius 1 is 1.10 bits per heavy atom. The fourth-order valence-electron chi connectivity index (χ4n) is 5.25. The number of rotatable bonds is 4. The fraction of sp³-hybridized carbons (Fsp3) is 0.696. The second-order valence-corrected chi connectivity index (χ2v) is 9.64. The van der Waals surface area contributed by atoms with E-state index in [1.54, 1.807) is 0 Å². The van der Waals surface area contributed by atoms with Crippen LogP contribution in [-0.2, 0) is 20.7 Å². The molecule has 5 nitrogen and oxygen atoms in total. The molecule has 1 amide bonds. The van der Waals surface area contributed by atoms with Gasteiger partial charge in [0.2, 0.25) is 5.91 Å². The van der Waals surface area contributed by atoms with Gasteiger partial charge in [0, 0.05) is 36.4 Å². The summed E-state index contributed by atoms with van der Waals surface area (Å²) in [7, 11) is 2.00. The van der Waals surface area contributed by atoms with E-state index in [2.05, 4.69) is 20.8 Å². The first-order valence-corrected chi connectivity index (χ1v) is 11.9. The monoisotopic (exact) mass is 464 g/mol. The maximum atomic E-state index is 13.2. The van der Waals surface area contributed by atoms with E-state index in [4.69, 9.17) is 9.47 Å². The van der Waals surface area contributed by atoms with Crippen molar-refractivity contribution in [2.45, 2.75) is 69.2 Å². The van der Waals surface area contributed by atoms with Gasteiger partial charge in [-0.05, 0) is 56.5 Å². The molecule has 1 aromatic rings. The highest BCUT2D eigenvalue weighted by molar-refractivity contribution is 9.10. The van der Waals surface area contributed by atoms with Crippen LogP contribution in [0.1, 0.15) is 50.5 Å². The number of hydrogen-bond donors (Lipinski definition) is 0. The van der Waals surface area contributed by atoms with Crippen LogP contribution in [0.4, 0.5) is 0 Å². The molecule has 2 saturated heterocycles. The number of nitrogens with zero attached hydrogens (tertiary/aromatic N) is 2. The molecule has 3 aliphatic rings. The molecule has 6 heteroatoms. The number of benzene rings is 1. The lowest BCUT2D eigenvalue weighted by atomic mass is 9.96. The second kappa shape index (κ2) is 9.46. The number of piperidine rings is 1. The average molecular weight is 465 g/mol. The van der Waals surface area contributed by atoms with Crippen LogP contribution in [0.3, 0.4) is 0 Å². The molecule has 1 spiro atoms. The predicted octanol–water partition coefficient (Wildman–Crippen LogP) is 3.99. The Balaban J connectivity index is 1.49. The molecule has 0 aromatic heterocycles. The molecule has 1 aliphatic carbocycles. The molecule has 2 aliphatic heterocycles. The predicted molar refractivity (Wildman–Crippen MR) is 117 cm³/mol. The number of carbonyl (C=O) groups is 1. The average Bonchev–Trinajstić information content (AvgIpc) is 3.12. The lowest BCUT2D eigenvalue weighted by Gasteiger charge is -2.42. The second-order valence-electron chi connectivity index (χ2n) is 8.72. The molecular weight excluding hydrogens is 432 g/mol. The zero-order chi connectivity index (χ0) is 20.3. The van der Waals surface area contributed by atoms with Crippen LogP contribution in [0.25, 0.3) is 0 Å². The van der Waals surface area contributed by atoms with Crippen molar-refractivity contribution in [3.63, 3.8) is 0 Å². The number of halogens is 1. The number of ether oxygens (including phenoxy) is 2. The van der Waals surface area contributed by atoms with Crippen LogP contribution in [0.5, 0.6) is 0 Å². The van der Waals surface area contributed by atoms with Crippen LogP contribution in [0.2, 0.25) is 0 Å². The van der Waals surface area contributed by atoms with Crippen molar-refractivity contribution in [3.8, 4) is 0 Å². The summed E-state index contributed by atoms with van der Waals surface area (Å²) in [5.74, 6) is -0.221. The summed E-state index contributed by atoms with van der Waals surface area (Å²) in [5, 5.41) is 0. The summed E-state index contributed by atoms with van der Waals surface area (Å²) in [6.45, 7) is 3.67. The van der Waals surface area contributed by atoms with Crippen molar-refractivity contribution in [3.05, 3.63) is 34.3 Å². The minimum Gasteiger partial charge on any atom is -0.348 e. The van der Waals surface area contributed by atoms with Gasteiger partial charge in [-0.25, -0.2) is 0 Å². The smallest absolute Gasteiger partial charge is 0.227 e. The Hall–Kier alpha value is -0.950. The summed E-state index contributed by atoms with van der Waals surface area (Å²) in [6.07, 6.45) is 8.06. The molecule has 1 aromatic carbocycles. The van der Waals surface area contributed by atoms with Gasteiger partial charge in [0.1, 0.15) is 0 Å². The van der Waals surface area contributed by atoms with Crippen LogP contribution in [-0.4, -0.2) is 66.9 Å². The van der Waals surface area contributed by atoms with Gasteiger partial charge in [-0.1, -0.05) is 34.5 Å². The van der Waals surface area contributed by atoms with Gasteiger partial charge in [-0.3, -0.25) is 9.69 Å². The van der Waals surface area contributed by atoms with Crippen molar-refractivity contribution in [1.29, 1.82) is 0 Å². The van der Waals surface area contributed by atoms with Crippen molar-refractivity contribution < 1.29 is 14.3 Å². The Labute approximate surface area is 182 Å².